The number of nitrogens with zero attached hydrogens (tertiary/aromatic N) is 1. The second kappa shape index (κ2) is 7.36. The Morgan fingerprint density at radius 2 is 2.00 bits per heavy atom. The summed E-state index contributed by atoms with van der Waals surface area (Å²) in [5, 5.41) is 11.8. The van der Waals surface area contributed by atoms with Crippen molar-refractivity contribution in [2.45, 2.75) is 12.8 Å². The number of pyridine rings is 1. The van der Waals surface area contributed by atoms with E-state index in [4.69, 9.17) is 0 Å². The highest BCUT2D eigenvalue weighted by Crippen LogP contribution is 2.32. The summed E-state index contributed by atoms with van der Waals surface area (Å²) in [4.78, 5) is 16.0. The van der Waals surface area contributed by atoms with Gasteiger partial charge >= 0.3 is 5.97 Å². The molecule has 1 aliphatic heterocycles. The fourth-order valence-corrected chi connectivity index (χ4v) is 5.97. The highest BCUT2D eigenvalue weighted by atomic mass is 32.2. The number of aromatic nitrogens is 1. The van der Waals surface area contributed by atoms with E-state index in [0.29, 0.717) is 12.8 Å². The number of carboxylic acids is 1. The summed E-state index contributed by atoms with van der Waals surface area (Å²) < 4.78 is 23.6. The average Bonchev–Trinajstić information content (AvgIpc) is 3.05. The van der Waals surface area contributed by atoms with Gasteiger partial charge in [-0.2, -0.15) is 0 Å². The van der Waals surface area contributed by atoms with Gasteiger partial charge in [-0.25, -0.2) is 8.42 Å². The molecule has 0 bridgehead atoms. The lowest BCUT2D eigenvalue weighted by atomic mass is 9.85. The zero-order valence-corrected chi connectivity index (χ0v) is 16.1. The molecule has 1 saturated heterocycles. The molecule has 1 aromatic heterocycles. The van der Waals surface area contributed by atoms with Gasteiger partial charge < -0.3 is 5.11 Å². The molecule has 5 nitrogen and oxygen atoms in total. The van der Waals surface area contributed by atoms with E-state index >= 15 is 0 Å². The monoisotopic (exact) mass is 395 g/mol. The Kier molecular flexibility index (Phi) is 4.89. The van der Waals surface area contributed by atoms with Gasteiger partial charge in [0.1, 0.15) is 0 Å². The molecule has 0 aliphatic carbocycles. The molecule has 1 fully saturated rings. The number of sulfone groups is 1. The van der Waals surface area contributed by atoms with Crippen LogP contribution >= 0.6 is 0 Å². The summed E-state index contributed by atoms with van der Waals surface area (Å²) >= 11 is 0. The zero-order valence-electron chi connectivity index (χ0n) is 15.3. The van der Waals surface area contributed by atoms with Gasteiger partial charge in [-0.1, -0.05) is 42.5 Å². The van der Waals surface area contributed by atoms with E-state index in [2.05, 4.69) is 4.98 Å². The molecule has 4 rings (SSSR count). The Bertz CT molecular complexity index is 1130. The van der Waals surface area contributed by atoms with Crippen LogP contribution in [0, 0.1) is 11.8 Å². The van der Waals surface area contributed by atoms with Gasteiger partial charge in [-0.05, 0) is 46.9 Å². The lowest BCUT2D eigenvalue weighted by Crippen LogP contribution is -2.26. The van der Waals surface area contributed by atoms with Crippen molar-refractivity contribution in [3.05, 3.63) is 66.5 Å². The summed E-state index contributed by atoms with van der Waals surface area (Å²) in [7, 11) is -3.11. The van der Waals surface area contributed by atoms with Crippen LogP contribution in [0.4, 0.5) is 0 Å². The topological polar surface area (TPSA) is 84.3 Å². The van der Waals surface area contributed by atoms with E-state index in [1.54, 1.807) is 6.20 Å². The maximum atomic E-state index is 11.8. The molecule has 0 amide bonds. The number of benzene rings is 2. The number of rotatable bonds is 5. The van der Waals surface area contributed by atoms with Crippen molar-refractivity contribution in [2.24, 2.45) is 11.8 Å². The number of carbonyl (C=O) groups is 1. The van der Waals surface area contributed by atoms with Gasteiger partial charge in [0.05, 0.1) is 17.4 Å². The molecule has 6 heteroatoms. The highest BCUT2D eigenvalue weighted by Gasteiger charge is 2.37. The first-order valence-corrected chi connectivity index (χ1v) is 11.1. The van der Waals surface area contributed by atoms with Crippen LogP contribution in [0.25, 0.3) is 21.9 Å². The first kappa shape index (κ1) is 18.6. The normalized spacial score (nSPS) is 19.5. The Labute approximate surface area is 164 Å². The van der Waals surface area contributed by atoms with Gasteiger partial charge in [0, 0.05) is 17.8 Å². The predicted octanol–water partition coefficient (Wildman–Crippen LogP) is 3.58. The van der Waals surface area contributed by atoms with E-state index in [1.807, 2.05) is 54.7 Å². The molecule has 2 atom stereocenters. The van der Waals surface area contributed by atoms with Crippen LogP contribution in [0.15, 0.2) is 60.9 Å². The van der Waals surface area contributed by atoms with Gasteiger partial charge in [-0.3, -0.25) is 9.78 Å². The fourth-order valence-electron chi connectivity index (χ4n) is 4.09. The number of hydrogen-bond donors (Lipinski definition) is 1. The summed E-state index contributed by atoms with van der Waals surface area (Å²) in [5.74, 6) is -1.88. The van der Waals surface area contributed by atoms with Crippen molar-refractivity contribution in [2.75, 3.05) is 11.5 Å². The van der Waals surface area contributed by atoms with Crippen molar-refractivity contribution in [3.63, 3.8) is 0 Å². The highest BCUT2D eigenvalue weighted by molar-refractivity contribution is 7.91. The maximum absolute atomic E-state index is 11.8. The molecular formula is C22H21NO4S. The first-order chi connectivity index (χ1) is 13.4. The molecule has 2 aromatic carbocycles. The number of hydrogen-bond acceptors (Lipinski definition) is 4. The molecule has 2 heterocycles. The van der Waals surface area contributed by atoms with Gasteiger partial charge in [0.15, 0.2) is 9.84 Å². The second-order valence-corrected chi connectivity index (χ2v) is 9.64. The third-order valence-electron chi connectivity index (χ3n) is 5.53. The van der Waals surface area contributed by atoms with Crippen LogP contribution in [0.2, 0.25) is 0 Å². The lowest BCUT2D eigenvalue weighted by Gasteiger charge is -2.18. The smallest absolute Gasteiger partial charge is 0.307 e. The quantitative estimate of drug-likeness (QED) is 0.714. The predicted molar refractivity (Wildman–Crippen MR) is 109 cm³/mol. The van der Waals surface area contributed by atoms with Crippen molar-refractivity contribution < 1.29 is 18.3 Å². The lowest BCUT2D eigenvalue weighted by molar-refractivity contribution is -0.143. The Morgan fingerprint density at radius 1 is 1.18 bits per heavy atom. The van der Waals surface area contributed by atoms with E-state index in [1.165, 1.54) is 0 Å². The molecule has 28 heavy (non-hydrogen) atoms. The molecule has 0 saturated carbocycles. The number of fused-ring (bicyclic) bond motifs is 1. The molecule has 1 aliphatic rings. The Hall–Kier alpha value is -2.73. The number of carboxylic acid groups (broad SMARTS) is 1. The first-order valence-electron chi connectivity index (χ1n) is 9.28. The van der Waals surface area contributed by atoms with Crippen LogP contribution in [0.5, 0.6) is 0 Å². The SMILES string of the molecule is O=C(O)C(Cc1cccc(-c2cccc3cnccc23)c1)C1CCS(=O)(=O)C1. The molecule has 3 aromatic rings. The molecule has 144 valence electrons. The van der Waals surface area contributed by atoms with Crippen LogP contribution in [0.3, 0.4) is 0 Å². The zero-order chi connectivity index (χ0) is 19.7. The molecule has 0 spiro atoms. The maximum Gasteiger partial charge on any atom is 0.307 e. The van der Waals surface area contributed by atoms with Gasteiger partial charge in [0.2, 0.25) is 0 Å². The summed E-state index contributed by atoms with van der Waals surface area (Å²) in [6.45, 7) is 0. The van der Waals surface area contributed by atoms with Gasteiger partial charge in [-0.15, -0.1) is 0 Å². The van der Waals surface area contributed by atoms with Crippen molar-refractivity contribution >= 4 is 26.6 Å². The van der Waals surface area contributed by atoms with Crippen LogP contribution in [-0.4, -0.2) is 36.0 Å². The van der Waals surface area contributed by atoms with Crippen LogP contribution in [0.1, 0.15) is 12.0 Å². The van der Waals surface area contributed by atoms with Crippen molar-refractivity contribution in [1.82, 2.24) is 4.98 Å². The minimum atomic E-state index is -3.11. The van der Waals surface area contributed by atoms with Crippen molar-refractivity contribution in [1.29, 1.82) is 0 Å². The van der Waals surface area contributed by atoms with E-state index in [-0.39, 0.29) is 17.4 Å². The average molecular weight is 395 g/mol. The van der Waals surface area contributed by atoms with Crippen LogP contribution in [-0.2, 0) is 21.1 Å². The van der Waals surface area contributed by atoms with Gasteiger partial charge in [0.25, 0.3) is 0 Å². The summed E-state index contributed by atoms with van der Waals surface area (Å²) in [6, 6.07) is 15.9. The summed E-state index contributed by atoms with van der Waals surface area (Å²) in [6.07, 6.45) is 4.34. The third-order valence-corrected chi connectivity index (χ3v) is 7.32. The fraction of sp³-hybridized carbons (Fsp3) is 0.273. The Morgan fingerprint density at radius 3 is 2.75 bits per heavy atom. The van der Waals surface area contributed by atoms with Crippen molar-refractivity contribution in [3.8, 4) is 11.1 Å². The number of aliphatic carboxylic acids is 1. The largest absolute Gasteiger partial charge is 0.481 e. The second-order valence-electron chi connectivity index (χ2n) is 7.41. The molecule has 0 radical (unpaired) electrons. The Balaban J connectivity index is 1.66. The van der Waals surface area contributed by atoms with Crippen LogP contribution < -0.4 is 0 Å². The minimum Gasteiger partial charge on any atom is -0.481 e. The summed E-state index contributed by atoms with van der Waals surface area (Å²) in [5.41, 5.74) is 2.98. The van der Waals surface area contributed by atoms with E-state index in [9.17, 15) is 18.3 Å². The van der Waals surface area contributed by atoms with E-state index in [0.717, 1.165) is 27.5 Å². The van der Waals surface area contributed by atoms with E-state index < -0.39 is 21.7 Å². The molecular weight excluding hydrogens is 374 g/mol. The minimum absolute atomic E-state index is 0.0278. The molecule has 2 unspecified atom stereocenters. The third kappa shape index (κ3) is 3.78. The molecule has 1 N–H and O–H groups in total. The standard InChI is InChI=1S/C22H21NO4S/c24-22(25)21(18-8-10-28(26,27)14-18)12-15-3-1-4-16(11-15)19-6-2-5-17-13-23-9-7-20(17)19/h1-7,9,11,13,18,21H,8,10,12,14H2,(H,24,25).